The Morgan fingerprint density at radius 3 is 2.78 bits per heavy atom. The average molecular weight is 313 g/mol. The summed E-state index contributed by atoms with van der Waals surface area (Å²) in [5, 5.41) is 3.37. The summed E-state index contributed by atoms with van der Waals surface area (Å²) in [6, 6.07) is 4.02. The van der Waals surface area contributed by atoms with E-state index in [1.807, 2.05) is 12.1 Å². The number of benzene rings is 1. The van der Waals surface area contributed by atoms with Crippen molar-refractivity contribution in [2.24, 2.45) is 0 Å². The Labute approximate surface area is 115 Å². The molecule has 98 valence electrons. The van der Waals surface area contributed by atoms with E-state index < -0.39 is 0 Å². The number of hydrogen-bond donors (Lipinski definition) is 1. The fraction of sp³-hybridized carbons (Fsp3) is 0.538. The van der Waals surface area contributed by atoms with Crippen LogP contribution in [0.3, 0.4) is 0 Å². The fourth-order valence-electron chi connectivity index (χ4n) is 2.39. The molecule has 0 amide bonds. The molecule has 0 unspecified atom stereocenters. The van der Waals surface area contributed by atoms with Gasteiger partial charge in [-0.15, -0.1) is 0 Å². The summed E-state index contributed by atoms with van der Waals surface area (Å²) >= 11 is 3.62. The zero-order chi connectivity index (χ0) is 12.4. The maximum atomic E-state index is 5.78. The van der Waals surface area contributed by atoms with Crippen molar-refractivity contribution in [3.05, 3.63) is 22.2 Å². The first-order chi connectivity index (χ1) is 8.84. The summed E-state index contributed by atoms with van der Waals surface area (Å²) in [6.07, 6.45) is 0. The number of hydrogen-bond acceptors (Lipinski definition) is 4. The Morgan fingerprint density at radius 2 is 1.94 bits per heavy atom. The first-order valence-corrected chi connectivity index (χ1v) is 7.14. The van der Waals surface area contributed by atoms with Crippen molar-refractivity contribution in [1.82, 2.24) is 10.2 Å². The van der Waals surface area contributed by atoms with Crippen LogP contribution in [0, 0.1) is 0 Å². The summed E-state index contributed by atoms with van der Waals surface area (Å²) in [7, 11) is 0. The molecule has 0 saturated carbocycles. The van der Waals surface area contributed by atoms with Crippen molar-refractivity contribution >= 4 is 15.9 Å². The maximum absolute atomic E-state index is 5.78. The molecule has 1 aromatic carbocycles. The number of ether oxygens (including phenoxy) is 2. The van der Waals surface area contributed by atoms with Crippen molar-refractivity contribution < 1.29 is 9.47 Å². The Kier molecular flexibility index (Phi) is 3.72. The van der Waals surface area contributed by atoms with Gasteiger partial charge in [-0.1, -0.05) is 15.9 Å². The van der Waals surface area contributed by atoms with E-state index in [4.69, 9.17) is 9.47 Å². The van der Waals surface area contributed by atoms with Crippen molar-refractivity contribution in [1.29, 1.82) is 0 Å². The molecule has 0 spiro atoms. The number of nitrogens with one attached hydrogen (secondary N) is 1. The van der Waals surface area contributed by atoms with Crippen LogP contribution in [0.1, 0.15) is 5.56 Å². The number of piperazine rings is 1. The quantitative estimate of drug-likeness (QED) is 0.900. The monoisotopic (exact) mass is 312 g/mol. The van der Waals surface area contributed by atoms with Gasteiger partial charge in [0, 0.05) is 42.8 Å². The third-order valence-electron chi connectivity index (χ3n) is 3.35. The van der Waals surface area contributed by atoms with Crippen molar-refractivity contribution in [2.45, 2.75) is 6.54 Å². The summed E-state index contributed by atoms with van der Waals surface area (Å²) in [4.78, 5) is 2.44. The zero-order valence-corrected chi connectivity index (χ0v) is 11.8. The van der Waals surface area contributed by atoms with Crippen LogP contribution in [0.15, 0.2) is 16.6 Å². The number of nitrogens with zero attached hydrogens (tertiary/aromatic N) is 1. The Morgan fingerprint density at radius 1 is 1.17 bits per heavy atom. The van der Waals surface area contributed by atoms with Gasteiger partial charge in [-0.25, -0.2) is 0 Å². The van der Waals surface area contributed by atoms with Gasteiger partial charge in [0.15, 0.2) is 11.5 Å². The van der Waals surface area contributed by atoms with Crippen LogP contribution in [-0.2, 0) is 6.54 Å². The minimum atomic E-state index is 0.637. The van der Waals surface area contributed by atoms with E-state index in [2.05, 4.69) is 26.1 Å². The predicted molar refractivity (Wildman–Crippen MR) is 73.3 cm³/mol. The first kappa shape index (κ1) is 12.3. The predicted octanol–water partition coefficient (Wildman–Crippen LogP) is 1.63. The molecular weight excluding hydrogens is 296 g/mol. The SMILES string of the molecule is Brc1ccc2c(c1CN1CCNCC1)OCCO2. The molecule has 1 fully saturated rings. The van der Waals surface area contributed by atoms with Crippen LogP contribution in [0.25, 0.3) is 0 Å². The molecular formula is C13H17BrN2O2. The van der Waals surface area contributed by atoms with Crippen molar-refractivity contribution in [3.8, 4) is 11.5 Å². The number of rotatable bonds is 2. The molecule has 0 atom stereocenters. The van der Waals surface area contributed by atoms with Crippen LogP contribution in [0.2, 0.25) is 0 Å². The normalized spacial score (nSPS) is 19.8. The van der Waals surface area contributed by atoms with E-state index in [9.17, 15) is 0 Å². The second-order valence-electron chi connectivity index (χ2n) is 4.58. The van der Waals surface area contributed by atoms with E-state index in [1.165, 1.54) is 5.56 Å². The fourth-order valence-corrected chi connectivity index (χ4v) is 2.83. The Hall–Kier alpha value is -0.780. The molecule has 2 aliphatic heterocycles. The lowest BCUT2D eigenvalue weighted by Crippen LogP contribution is -2.43. The largest absolute Gasteiger partial charge is 0.486 e. The average Bonchev–Trinajstić information content (AvgIpc) is 2.43. The highest BCUT2D eigenvalue weighted by molar-refractivity contribution is 9.10. The first-order valence-electron chi connectivity index (χ1n) is 6.34. The zero-order valence-electron chi connectivity index (χ0n) is 10.2. The molecule has 2 heterocycles. The van der Waals surface area contributed by atoms with Crippen molar-refractivity contribution in [3.63, 3.8) is 0 Å². The van der Waals surface area contributed by atoms with Gasteiger partial charge in [-0.05, 0) is 12.1 Å². The van der Waals surface area contributed by atoms with E-state index in [0.717, 1.165) is 48.7 Å². The molecule has 0 radical (unpaired) electrons. The number of halogens is 1. The molecule has 4 nitrogen and oxygen atoms in total. The lowest BCUT2D eigenvalue weighted by atomic mass is 10.1. The highest BCUT2D eigenvalue weighted by Gasteiger charge is 2.21. The van der Waals surface area contributed by atoms with E-state index in [-0.39, 0.29) is 0 Å². The maximum Gasteiger partial charge on any atom is 0.166 e. The molecule has 1 N–H and O–H groups in total. The Bertz CT molecular complexity index is 433. The second-order valence-corrected chi connectivity index (χ2v) is 5.43. The highest BCUT2D eigenvalue weighted by atomic mass is 79.9. The topological polar surface area (TPSA) is 33.7 Å². The van der Waals surface area contributed by atoms with Gasteiger partial charge >= 0.3 is 0 Å². The molecule has 5 heteroatoms. The van der Waals surface area contributed by atoms with Crippen LogP contribution < -0.4 is 14.8 Å². The van der Waals surface area contributed by atoms with Crippen LogP contribution >= 0.6 is 15.9 Å². The second kappa shape index (κ2) is 5.47. The van der Waals surface area contributed by atoms with Gasteiger partial charge < -0.3 is 14.8 Å². The minimum Gasteiger partial charge on any atom is -0.486 e. The molecule has 1 aromatic rings. The third kappa shape index (κ3) is 2.48. The number of fused-ring (bicyclic) bond motifs is 1. The van der Waals surface area contributed by atoms with Gasteiger partial charge in [-0.3, -0.25) is 4.90 Å². The van der Waals surface area contributed by atoms with Gasteiger partial charge in [0.25, 0.3) is 0 Å². The van der Waals surface area contributed by atoms with Crippen LogP contribution in [0.5, 0.6) is 11.5 Å². The third-order valence-corrected chi connectivity index (χ3v) is 4.09. The van der Waals surface area contributed by atoms with Crippen LogP contribution in [0.4, 0.5) is 0 Å². The van der Waals surface area contributed by atoms with Gasteiger partial charge in [-0.2, -0.15) is 0 Å². The van der Waals surface area contributed by atoms with E-state index in [0.29, 0.717) is 13.2 Å². The van der Waals surface area contributed by atoms with Gasteiger partial charge in [0.2, 0.25) is 0 Å². The highest BCUT2D eigenvalue weighted by Crippen LogP contribution is 2.38. The summed E-state index contributed by atoms with van der Waals surface area (Å²) in [5.41, 5.74) is 1.20. The van der Waals surface area contributed by atoms with E-state index >= 15 is 0 Å². The lowest BCUT2D eigenvalue weighted by Gasteiger charge is -2.29. The molecule has 1 saturated heterocycles. The smallest absolute Gasteiger partial charge is 0.166 e. The van der Waals surface area contributed by atoms with Gasteiger partial charge in [0.05, 0.1) is 0 Å². The molecule has 3 rings (SSSR count). The molecule has 0 aliphatic carbocycles. The molecule has 2 aliphatic rings. The summed E-state index contributed by atoms with van der Waals surface area (Å²) in [6.45, 7) is 6.47. The summed E-state index contributed by atoms with van der Waals surface area (Å²) in [5.74, 6) is 1.78. The molecule has 18 heavy (non-hydrogen) atoms. The summed E-state index contributed by atoms with van der Waals surface area (Å²) < 4.78 is 12.5. The molecule has 0 aromatic heterocycles. The standard InChI is InChI=1S/C13H17BrN2O2/c14-11-1-2-12-13(18-8-7-17-12)10(11)9-16-5-3-15-4-6-16/h1-2,15H,3-9H2. The Balaban J connectivity index is 1.85. The lowest BCUT2D eigenvalue weighted by molar-refractivity contribution is 0.164. The van der Waals surface area contributed by atoms with Gasteiger partial charge in [0.1, 0.15) is 13.2 Å². The van der Waals surface area contributed by atoms with Crippen LogP contribution in [-0.4, -0.2) is 44.3 Å². The van der Waals surface area contributed by atoms with E-state index in [1.54, 1.807) is 0 Å². The van der Waals surface area contributed by atoms with Crippen molar-refractivity contribution in [2.75, 3.05) is 39.4 Å². The molecule has 0 bridgehead atoms. The minimum absolute atomic E-state index is 0.637.